The minimum Gasteiger partial charge on any atom is -0.483 e. The summed E-state index contributed by atoms with van der Waals surface area (Å²) in [5.41, 5.74) is 2.26. The van der Waals surface area contributed by atoms with E-state index in [1.165, 1.54) is 37.7 Å². The van der Waals surface area contributed by atoms with Crippen LogP contribution in [0.25, 0.3) is 0 Å². The van der Waals surface area contributed by atoms with Gasteiger partial charge in [0.05, 0.1) is 0 Å². The molecule has 1 aromatic rings. The Kier molecular flexibility index (Phi) is 8.61. The summed E-state index contributed by atoms with van der Waals surface area (Å²) < 4.78 is 5.98. The van der Waals surface area contributed by atoms with Crippen LogP contribution in [-0.4, -0.2) is 54.4 Å². The van der Waals surface area contributed by atoms with Gasteiger partial charge < -0.3 is 14.5 Å². The first kappa shape index (κ1) is 24.6. The Morgan fingerprint density at radius 3 is 2.25 bits per heavy atom. The highest BCUT2D eigenvalue weighted by Crippen LogP contribution is 2.32. The summed E-state index contributed by atoms with van der Waals surface area (Å²) >= 11 is 0. The Balaban J connectivity index is 1.48. The van der Waals surface area contributed by atoms with Crippen LogP contribution < -0.4 is 4.74 Å². The van der Waals surface area contributed by atoms with Crippen LogP contribution >= 0.6 is 0 Å². The highest BCUT2D eigenvalue weighted by atomic mass is 16.5. The zero-order chi connectivity index (χ0) is 23.1. The molecule has 0 atom stereocenters. The molecule has 2 amide bonds. The quantitative estimate of drug-likeness (QED) is 0.616. The molecule has 5 nitrogen and oxygen atoms in total. The molecule has 32 heavy (non-hydrogen) atoms. The molecule has 0 unspecified atom stereocenters. The van der Waals surface area contributed by atoms with Crippen LogP contribution in [-0.2, 0) is 15.0 Å². The van der Waals surface area contributed by atoms with Gasteiger partial charge in [-0.3, -0.25) is 9.59 Å². The summed E-state index contributed by atoms with van der Waals surface area (Å²) in [5.74, 6) is 1.78. The molecule has 2 fully saturated rings. The standard InChI is InChI=1S/C27H42N2O3/c1-21-11-13-24(23(19-21)27(2,3)4)32-20-26(31)29-16-8-15-28(17-18-29)25(30)14-12-22-9-6-5-7-10-22/h11,13,19,22H,5-10,12,14-18,20H2,1-4H3. The minimum atomic E-state index is -0.0501. The van der Waals surface area contributed by atoms with Crippen LogP contribution in [0, 0.1) is 12.8 Å². The number of hydrogen-bond acceptors (Lipinski definition) is 3. The lowest BCUT2D eigenvalue weighted by atomic mass is 9.85. The highest BCUT2D eigenvalue weighted by Gasteiger charge is 2.24. The van der Waals surface area contributed by atoms with E-state index < -0.39 is 0 Å². The Hall–Kier alpha value is -2.04. The predicted molar refractivity (Wildman–Crippen MR) is 129 cm³/mol. The van der Waals surface area contributed by atoms with Gasteiger partial charge in [-0.2, -0.15) is 0 Å². The predicted octanol–water partition coefficient (Wildman–Crippen LogP) is 5.09. The number of carbonyl (C=O) groups excluding carboxylic acids is 2. The molecule has 3 rings (SSSR count). The maximum absolute atomic E-state index is 12.9. The molecule has 178 valence electrons. The van der Waals surface area contributed by atoms with E-state index in [1.807, 2.05) is 21.9 Å². The molecular weight excluding hydrogens is 400 g/mol. The van der Waals surface area contributed by atoms with Crippen molar-refractivity contribution in [2.24, 2.45) is 5.92 Å². The Labute approximate surface area is 194 Å². The van der Waals surface area contributed by atoms with Crippen LogP contribution in [0.3, 0.4) is 0 Å². The van der Waals surface area contributed by atoms with Crippen LogP contribution in [0.2, 0.25) is 0 Å². The fourth-order valence-electron chi connectivity index (χ4n) is 4.96. The van der Waals surface area contributed by atoms with Crippen LogP contribution in [0.15, 0.2) is 18.2 Å². The molecule has 0 aromatic heterocycles. The molecule has 0 spiro atoms. The minimum absolute atomic E-state index is 0.00180. The van der Waals surface area contributed by atoms with Gasteiger partial charge in [-0.05, 0) is 42.7 Å². The monoisotopic (exact) mass is 442 g/mol. The number of rotatable bonds is 6. The lowest BCUT2D eigenvalue weighted by molar-refractivity contribution is -0.135. The van der Waals surface area contributed by atoms with Crippen molar-refractivity contribution in [1.29, 1.82) is 0 Å². The summed E-state index contributed by atoms with van der Waals surface area (Å²) in [6.07, 6.45) is 9.08. The van der Waals surface area contributed by atoms with Crippen molar-refractivity contribution in [2.45, 2.75) is 84.5 Å². The first-order valence-corrected chi connectivity index (χ1v) is 12.5. The largest absolute Gasteiger partial charge is 0.483 e. The number of ether oxygens (including phenoxy) is 1. The fraction of sp³-hybridized carbons (Fsp3) is 0.704. The lowest BCUT2D eigenvalue weighted by Gasteiger charge is -2.25. The van der Waals surface area contributed by atoms with Crippen molar-refractivity contribution in [1.82, 2.24) is 9.80 Å². The number of nitrogens with zero attached hydrogens (tertiary/aromatic N) is 2. The highest BCUT2D eigenvalue weighted by molar-refractivity contribution is 5.78. The second-order valence-corrected chi connectivity index (χ2v) is 10.7. The van der Waals surface area contributed by atoms with Crippen molar-refractivity contribution in [3.63, 3.8) is 0 Å². The van der Waals surface area contributed by atoms with E-state index in [9.17, 15) is 9.59 Å². The maximum Gasteiger partial charge on any atom is 0.260 e. The molecule has 0 bridgehead atoms. The third-order valence-electron chi connectivity index (χ3n) is 6.99. The van der Waals surface area contributed by atoms with Crippen molar-refractivity contribution in [2.75, 3.05) is 32.8 Å². The zero-order valence-corrected chi connectivity index (χ0v) is 20.6. The van der Waals surface area contributed by atoms with Crippen molar-refractivity contribution in [3.05, 3.63) is 29.3 Å². The average molecular weight is 443 g/mol. The van der Waals surface area contributed by atoms with Gasteiger partial charge in [-0.1, -0.05) is 70.6 Å². The van der Waals surface area contributed by atoms with Gasteiger partial charge in [0, 0.05) is 32.6 Å². The number of carbonyl (C=O) groups is 2. The zero-order valence-electron chi connectivity index (χ0n) is 20.6. The van der Waals surface area contributed by atoms with E-state index in [0.717, 1.165) is 36.6 Å². The van der Waals surface area contributed by atoms with Crippen molar-refractivity contribution in [3.8, 4) is 5.75 Å². The third-order valence-corrected chi connectivity index (χ3v) is 6.99. The summed E-state index contributed by atoms with van der Waals surface area (Å²) in [5, 5.41) is 0. The average Bonchev–Trinajstić information content (AvgIpc) is 3.03. The SMILES string of the molecule is Cc1ccc(OCC(=O)N2CCCN(C(=O)CCC3CCCCC3)CC2)c(C(C)(C)C)c1. The topological polar surface area (TPSA) is 49.9 Å². The summed E-state index contributed by atoms with van der Waals surface area (Å²) in [6.45, 7) is 11.3. The molecule has 0 N–H and O–H groups in total. The van der Waals surface area contributed by atoms with Gasteiger partial charge in [0.1, 0.15) is 5.75 Å². The molecule has 1 aliphatic carbocycles. The molecule has 1 saturated carbocycles. The van der Waals surface area contributed by atoms with Crippen LogP contribution in [0.5, 0.6) is 5.75 Å². The Morgan fingerprint density at radius 1 is 0.938 bits per heavy atom. The number of amides is 2. The Bertz CT molecular complexity index is 778. The first-order chi connectivity index (χ1) is 15.2. The smallest absolute Gasteiger partial charge is 0.260 e. The molecule has 5 heteroatoms. The van der Waals surface area contributed by atoms with E-state index in [4.69, 9.17) is 4.74 Å². The summed E-state index contributed by atoms with van der Waals surface area (Å²) in [6, 6.07) is 6.14. The summed E-state index contributed by atoms with van der Waals surface area (Å²) in [4.78, 5) is 29.4. The van der Waals surface area contributed by atoms with E-state index in [2.05, 4.69) is 33.8 Å². The fourth-order valence-corrected chi connectivity index (χ4v) is 4.96. The molecule has 1 heterocycles. The van der Waals surface area contributed by atoms with Gasteiger partial charge >= 0.3 is 0 Å². The Morgan fingerprint density at radius 2 is 1.59 bits per heavy atom. The molecule has 1 aliphatic heterocycles. The van der Waals surface area contributed by atoms with Crippen LogP contribution in [0.1, 0.15) is 83.3 Å². The summed E-state index contributed by atoms with van der Waals surface area (Å²) in [7, 11) is 0. The number of aryl methyl sites for hydroxylation is 1. The van der Waals surface area contributed by atoms with E-state index in [-0.39, 0.29) is 23.8 Å². The van der Waals surface area contributed by atoms with Crippen molar-refractivity contribution >= 4 is 11.8 Å². The van der Waals surface area contributed by atoms with Gasteiger partial charge in [0.15, 0.2) is 6.61 Å². The lowest BCUT2D eigenvalue weighted by Crippen LogP contribution is -2.39. The molecular formula is C27H42N2O3. The second kappa shape index (κ2) is 11.2. The molecule has 2 aliphatic rings. The van der Waals surface area contributed by atoms with Crippen molar-refractivity contribution < 1.29 is 14.3 Å². The van der Waals surface area contributed by atoms with E-state index in [1.54, 1.807) is 0 Å². The van der Waals surface area contributed by atoms with Crippen LogP contribution in [0.4, 0.5) is 0 Å². The maximum atomic E-state index is 12.9. The van der Waals surface area contributed by atoms with E-state index >= 15 is 0 Å². The number of hydrogen-bond donors (Lipinski definition) is 0. The van der Waals surface area contributed by atoms with Gasteiger partial charge in [0.25, 0.3) is 5.91 Å². The third kappa shape index (κ3) is 6.98. The first-order valence-electron chi connectivity index (χ1n) is 12.5. The van der Waals surface area contributed by atoms with Gasteiger partial charge in [-0.25, -0.2) is 0 Å². The molecule has 1 aromatic carbocycles. The molecule has 0 radical (unpaired) electrons. The molecule has 1 saturated heterocycles. The van der Waals surface area contributed by atoms with Gasteiger partial charge in [0.2, 0.25) is 5.91 Å². The normalized spacial score (nSPS) is 18.4. The second-order valence-electron chi connectivity index (χ2n) is 10.7. The van der Waals surface area contributed by atoms with Gasteiger partial charge in [-0.15, -0.1) is 0 Å². The van der Waals surface area contributed by atoms with E-state index in [0.29, 0.717) is 26.1 Å². The number of benzene rings is 1.